The van der Waals surface area contributed by atoms with Crippen molar-refractivity contribution in [1.82, 2.24) is 5.32 Å². The van der Waals surface area contributed by atoms with Gasteiger partial charge in [-0.1, -0.05) is 17.2 Å². The molecule has 0 spiro atoms. The molecule has 4 rings (SSSR count). The van der Waals surface area contributed by atoms with E-state index in [-0.39, 0.29) is 36.6 Å². The first kappa shape index (κ1) is 18.6. The Balaban J connectivity index is 1.38. The van der Waals surface area contributed by atoms with E-state index in [9.17, 15) is 18.5 Å². The zero-order chi connectivity index (χ0) is 19.0. The van der Waals surface area contributed by atoms with Gasteiger partial charge in [-0.3, -0.25) is 9.69 Å². The lowest BCUT2D eigenvalue weighted by Crippen LogP contribution is -2.35. The van der Waals surface area contributed by atoms with Gasteiger partial charge in [-0.25, -0.2) is 9.18 Å². The number of anilines is 1. The Labute approximate surface area is 160 Å². The van der Waals surface area contributed by atoms with E-state index in [1.165, 1.54) is 11.0 Å². The molecule has 1 aliphatic carbocycles. The SMILES string of the molecule is O=C(NC[C@H]1CN(c2ccc([C@H]3CC[S@+]([O-])CC3)c(F)c2)C(=O)O1)C1CC1. The van der Waals surface area contributed by atoms with Crippen LogP contribution in [0.4, 0.5) is 14.9 Å². The van der Waals surface area contributed by atoms with Gasteiger partial charge >= 0.3 is 6.09 Å². The highest BCUT2D eigenvalue weighted by molar-refractivity contribution is 7.91. The summed E-state index contributed by atoms with van der Waals surface area (Å²) in [4.78, 5) is 25.3. The molecule has 27 heavy (non-hydrogen) atoms. The first-order valence-electron chi connectivity index (χ1n) is 9.41. The number of hydrogen-bond acceptors (Lipinski definition) is 4. The monoisotopic (exact) mass is 394 g/mol. The van der Waals surface area contributed by atoms with Crippen molar-refractivity contribution < 1.29 is 23.3 Å². The molecular formula is C19H23FN2O4S. The van der Waals surface area contributed by atoms with Gasteiger partial charge in [0.1, 0.15) is 23.4 Å². The van der Waals surface area contributed by atoms with Crippen molar-refractivity contribution in [2.24, 2.45) is 5.92 Å². The average molecular weight is 394 g/mol. The number of benzene rings is 1. The minimum absolute atomic E-state index is 0.00769. The molecule has 2 heterocycles. The Morgan fingerprint density at radius 2 is 2.04 bits per heavy atom. The summed E-state index contributed by atoms with van der Waals surface area (Å²) in [5, 5.41) is 2.80. The number of carbonyl (C=O) groups excluding carboxylic acids is 2. The van der Waals surface area contributed by atoms with Gasteiger partial charge in [0.2, 0.25) is 5.91 Å². The number of hydrogen-bond donors (Lipinski definition) is 1. The number of nitrogens with one attached hydrogen (secondary N) is 1. The number of cyclic esters (lactones) is 1. The minimum atomic E-state index is -0.783. The van der Waals surface area contributed by atoms with Crippen LogP contribution in [0.3, 0.4) is 0 Å². The van der Waals surface area contributed by atoms with Crippen LogP contribution in [-0.4, -0.2) is 47.3 Å². The number of carbonyl (C=O) groups is 2. The highest BCUT2D eigenvalue weighted by Gasteiger charge is 2.35. The van der Waals surface area contributed by atoms with Crippen molar-refractivity contribution >= 4 is 28.9 Å². The molecule has 146 valence electrons. The molecule has 2 amide bonds. The molecule has 2 saturated heterocycles. The molecule has 0 radical (unpaired) electrons. The molecule has 0 bridgehead atoms. The minimum Gasteiger partial charge on any atom is -0.616 e. The van der Waals surface area contributed by atoms with E-state index in [4.69, 9.17) is 4.74 Å². The summed E-state index contributed by atoms with van der Waals surface area (Å²) in [6.07, 6.45) is 2.32. The third kappa shape index (κ3) is 4.21. The van der Waals surface area contributed by atoms with Gasteiger partial charge in [-0.05, 0) is 49.3 Å². The van der Waals surface area contributed by atoms with Crippen molar-refractivity contribution in [2.75, 3.05) is 29.5 Å². The Morgan fingerprint density at radius 1 is 1.30 bits per heavy atom. The van der Waals surface area contributed by atoms with Crippen molar-refractivity contribution in [3.63, 3.8) is 0 Å². The maximum absolute atomic E-state index is 14.6. The van der Waals surface area contributed by atoms with Gasteiger partial charge in [-0.2, -0.15) is 0 Å². The lowest BCUT2D eigenvalue weighted by molar-refractivity contribution is -0.122. The van der Waals surface area contributed by atoms with Crippen LogP contribution >= 0.6 is 0 Å². The summed E-state index contributed by atoms with van der Waals surface area (Å²) in [6, 6.07) is 4.82. The number of amides is 2. The zero-order valence-electron chi connectivity index (χ0n) is 15.0. The molecular weight excluding hydrogens is 371 g/mol. The quantitative estimate of drug-likeness (QED) is 0.777. The second-order valence-electron chi connectivity index (χ2n) is 7.46. The second kappa shape index (κ2) is 7.67. The van der Waals surface area contributed by atoms with Crippen LogP contribution in [0.2, 0.25) is 0 Å². The van der Waals surface area contributed by atoms with Gasteiger partial charge in [-0.15, -0.1) is 0 Å². The predicted molar refractivity (Wildman–Crippen MR) is 99.6 cm³/mol. The fraction of sp³-hybridized carbons (Fsp3) is 0.579. The normalized spacial score (nSPS) is 28.1. The molecule has 3 aliphatic rings. The Morgan fingerprint density at radius 3 is 2.70 bits per heavy atom. The van der Waals surface area contributed by atoms with E-state index in [0.717, 1.165) is 25.7 Å². The predicted octanol–water partition coefficient (Wildman–Crippen LogP) is 2.30. The third-order valence-corrected chi connectivity index (χ3v) is 6.83. The lowest BCUT2D eigenvalue weighted by Gasteiger charge is -2.25. The summed E-state index contributed by atoms with van der Waals surface area (Å²) in [5.41, 5.74) is 1.08. The molecule has 1 atom stereocenters. The highest BCUT2D eigenvalue weighted by Crippen LogP contribution is 2.33. The summed E-state index contributed by atoms with van der Waals surface area (Å²) < 4.78 is 31.4. The van der Waals surface area contributed by atoms with E-state index < -0.39 is 23.4 Å². The maximum atomic E-state index is 14.6. The Kier molecular flexibility index (Phi) is 5.27. The lowest BCUT2D eigenvalue weighted by atomic mass is 9.93. The van der Waals surface area contributed by atoms with E-state index in [0.29, 0.717) is 22.8 Å². The fourth-order valence-electron chi connectivity index (χ4n) is 3.66. The van der Waals surface area contributed by atoms with Crippen molar-refractivity contribution in [2.45, 2.75) is 37.7 Å². The topological polar surface area (TPSA) is 81.7 Å². The Bertz CT molecular complexity index is 734. The van der Waals surface area contributed by atoms with E-state index >= 15 is 0 Å². The molecule has 3 fully saturated rings. The van der Waals surface area contributed by atoms with Gasteiger partial charge < -0.3 is 14.6 Å². The molecule has 1 aromatic rings. The molecule has 1 N–H and O–H groups in total. The summed E-state index contributed by atoms with van der Waals surface area (Å²) in [5.74, 6) is 1.07. The molecule has 1 saturated carbocycles. The van der Waals surface area contributed by atoms with Crippen LogP contribution in [-0.2, 0) is 20.7 Å². The number of ether oxygens (including phenoxy) is 1. The summed E-state index contributed by atoms with van der Waals surface area (Å²) in [7, 11) is 0. The number of nitrogens with zero attached hydrogens (tertiary/aromatic N) is 1. The average Bonchev–Trinajstić information content (AvgIpc) is 3.44. The van der Waals surface area contributed by atoms with Crippen molar-refractivity contribution in [1.29, 1.82) is 0 Å². The van der Waals surface area contributed by atoms with E-state index in [1.807, 2.05) is 0 Å². The summed E-state index contributed by atoms with van der Waals surface area (Å²) in [6.45, 7) is 0.558. The molecule has 6 nitrogen and oxygen atoms in total. The van der Waals surface area contributed by atoms with E-state index in [2.05, 4.69) is 5.32 Å². The van der Waals surface area contributed by atoms with Crippen LogP contribution in [0.25, 0.3) is 0 Å². The largest absolute Gasteiger partial charge is 0.616 e. The second-order valence-corrected chi connectivity index (χ2v) is 9.16. The van der Waals surface area contributed by atoms with Crippen LogP contribution in [0.15, 0.2) is 18.2 Å². The Hall–Kier alpha value is -1.80. The third-order valence-electron chi connectivity index (χ3n) is 5.45. The smallest absolute Gasteiger partial charge is 0.414 e. The number of halogens is 1. The van der Waals surface area contributed by atoms with Crippen LogP contribution < -0.4 is 10.2 Å². The first-order valence-corrected chi connectivity index (χ1v) is 10.9. The molecule has 2 aliphatic heterocycles. The van der Waals surface area contributed by atoms with Gasteiger partial charge in [0, 0.05) is 5.92 Å². The molecule has 0 unspecified atom stereocenters. The van der Waals surface area contributed by atoms with Crippen LogP contribution in [0.1, 0.15) is 37.2 Å². The first-order chi connectivity index (χ1) is 13.0. The van der Waals surface area contributed by atoms with E-state index in [1.54, 1.807) is 12.1 Å². The number of rotatable bonds is 5. The molecule has 0 aromatic heterocycles. The zero-order valence-corrected chi connectivity index (χ0v) is 15.8. The highest BCUT2D eigenvalue weighted by atomic mass is 32.2. The molecule has 1 aromatic carbocycles. The van der Waals surface area contributed by atoms with Gasteiger partial charge in [0.15, 0.2) is 0 Å². The molecule has 8 heteroatoms. The van der Waals surface area contributed by atoms with Crippen molar-refractivity contribution in [3.05, 3.63) is 29.6 Å². The van der Waals surface area contributed by atoms with Crippen LogP contribution in [0, 0.1) is 11.7 Å². The maximum Gasteiger partial charge on any atom is 0.414 e. The van der Waals surface area contributed by atoms with Gasteiger partial charge in [0.25, 0.3) is 0 Å². The summed E-state index contributed by atoms with van der Waals surface area (Å²) >= 11 is -0.783. The van der Waals surface area contributed by atoms with Crippen LogP contribution in [0.5, 0.6) is 0 Å². The van der Waals surface area contributed by atoms with Gasteiger partial charge in [0.05, 0.1) is 18.8 Å². The van der Waals surface area contributed by atoms with Crippen molar-refractivity contribution in [3.8, 4) is 0 Å². The fourth-order valence-corrected chi connectivity index (χ4v) is 4.96. The standard InChI is InChI=1S/C19H23FN2O4S/c20-17-9-14(3-4-16(17)12-5-7-27(25)8-6-12)22-11-15(26-19(22)24)10-21-18(23)13-1-2-13/h3-4,9,12-13,15H,1-2,5-8,10-11H2,(H,21,23)/t12-,15-,27-/m0/s1.